The number of anilines is 1. The van der Waals surface area contributed by atoms with Gasteiger partial charge in [0.15, 0.2) is 15.7 Å². The van der Waals surface area contributed by atoms with Crippen LogP contribution in [0.3, 0.4) is 0 Å². The standard InChI is InChI=1S/C10H9ClN4O3S/c1-19(17,18)6-2-3-7(8(11)4-6)10(16)13-9-5-12-15-14-9/h2-5H,1H3,(H2,12,13,14,15,16). The highest BCUT2D eigenvalue weighted by molar-refractivity contribution is 7.90. The van der Waals surface area contributed by atoms with Gasteiger partial charge in [-0.25, -0.2) is 8.42 Å². The zero-order chi connectivity index (χ0) is 14.0. The SMILES string of the molecule is CS(=O)(=O)c1ccc(C(=O)Nc2c[nH]nn2)c(Cl)c1. The maximum Gasteiger partial charge on any atom is 0.258 e. The molecule has 1 heterocycles. The van der Waals surface area contributed by atoms with E-state index in [0.717, 1.165) is 6.26 Å². The molecule has 2 rings (SSSR count). The van der Waals surface area contributed by atoms with Crippen LogP contribution in [0, 0.1) is 0 Å². The average molecular weight is 301 g/mol. The molecule has 7 nitrogen and oxygen atoms in total. The molecule has 0 aliphatic heterocycles. The summed E-state index contributed by atoms with van der Waals surface area (Å²) in [6, 6.07) is 3.89. The van der Waals surface area contributed by atoms with E-state index in [4.69, 9.17) is 11.6 Å². The van der Waals surface area contributed by atoms with E-state index in [2.05, 4.69) is 20.7 Å². The van der Waals surface area contributed by atoms with Gasteiger partial charge in [-0.2, -0.15) is 0 Å². The second-order valence-electron chi connectivity index (χ2n) is 3.73. The molecule has 2 N–H and O–H groups in total. The molecule has 0 spiro atoms. The minimum atomic E-state index is -3.36. The number of halogens is 1. The zero-order valence-corrected chi connectivity index (χ0v) is 11.3. The smallest absolute Gasteiger partial charge is 0.258 e. The number of rotatable bonds is 3. The fraction of sp³-hybridized carbons (Fsp3) is 0.100. The molecule has 0 aliphatic carbocycles. The summed E-state index contributed by atoms with van der Waals surface area (Å²) in [7, 11) is -3.36. The number of aromatic amines is 1. The van der Waals surface area contributed by atoms with E-state index in [9.17, 15) is 13.2 Å². The lowest BCUT2D eigenvalue weighted by atomic mass is 10.2. The second kappa shape index (κ2) is 4.98. The summed E-state index contributed by atoms with van der Waals surface area (Å²) in [4.78, 5) is 11.9. The number of aromatic nitrogens is 3. The first kappa shape index (κ1) is 13.5. The summed E-state index contributed by atoms with van der Waals surface area (Å²) in [5, 5.41) is 12.0. The normalized spacial score (nSPS) is 11.3. The third-order valence-corrected chi connectivity index (χ3v) is 3.69. The molecule has 0 radical (unpaired) electrons. The second-order valence-corrected chi connectivity index (χ2v) is 6.15. The fourth-order valence-electron chi connectivity index (χ4n) is 1.36. The Morgan fingerprint density at radius 1 is 1.42 bits per heavy atom. The number of hydrogen-bond acceptors (Lipinski definition) is 5. The first-order chi connectivity index (χ1) is 8.88. The largest absolute Gasteiger partial charge is 0.304 e. The topological polar surface area (TPSA) is 105 Å². The van der Waals surface area contributed by atoms with Crippen LogP contribution in [-0.2, 0) is 9.84 Å². The lowest BCUT2D eigenvalue weighted by Gasteiger charge is -2.05. The van der Waals surface area contributed by atoms with Gasteiger partial charge < -0.3 is 5.32 Å². The molecule has 100 valence electrons. The Balaban J connectivity index is 2.29. The highest BCUT2D eigenvalue weighted by Gasteiger charge is 2.15. The van der Waals surface area contributed by atoms with E-state index < -0.39 is 15.7 Å². The van der Waals surface area contributed by atoms with Gasteiger partial charge in [0, 0.05) is 6.26 Å². The molecule has 9 heteroatoms. The Kier molecular flexibility index (Phi) is 3.54. The summed E-state index contributed by atoms with van der Waals surface area (Å²) in [5.74, 6) is -0.257. The number of carbonyl (C=O) groups excluding carboxylic acids is 1. The molecule has 0 atom stereocenters. The van der Waals surface area contributed by atoms with Crippen LogP contribution in [0.5, 0.6) is 0 Å². The number of hydrogen-bond donors (Lipinski definition) is 2. The van der Waals surface area contributed by atoms with Crippen molar-refractivity contribution in [3.63, 3.8) is 0 Å². The van der Waals surface area contributed by atoms with E-state index in [-0.39, 0.29) is 21.3 Å². The summed E-state index contributed by atoms with van der Waals surface area (Å²) in [6.07, 6.45) is 2.46. The maximum atomic E-state index is 11.9. The van der Waals surface area contributed by atoms with Gasteiger partial charge in [-0.15, -0.1) is 5.10 Å². The molecule has 1 amide bonds. The van der Waals surface area contributed by atoms with Gasteiger partial charge in [-0.1, -0.05) is 16.8 Å². The lowest BCUT2D eigenvalue weighted by molar-refractivity contribution is 0.102. The molecule has 1 aromatic carbocycles. The number of benzene rings is 1. The quantitative estimate of drug-likeness (QED) is 0.883. The van der Waals surface area contributed by atoms with Gasteiger partial charge in [0.25, 0.3) is 5.91 Å². The lowest BCUT2D eigenvalue weighted by Crippen LogP contribution is -2.13. The first-order valence-electron chi connectivity index (χ1n) is 5.05. The molecule has 0 saturated heterocycles. The number of sulfone groups is 1. The summed E-state index contributed by atoms with van der Waals surface area (Å²) in [6.45, 7) is 0. The van der Waals surface area contributed by atoms with Crippen LogP contribution >= 0.6 is 11.6 Å². The van der Waals surface area contributed by atoms with Crippen molar-refractivity contribution in [2.75, 3.05) is 11.6 Å². The third-order valence-electron chi connectivity index (χ3n) is 2.27. The Labute approximate surface area is 113 Å². The average Bonchev–Trinajstić information content (AvgIpc) is 2.80. The molecule has 0 saturated carbocycles. The van der Waals surface area contributed by atoms with E-state index in [1.807, 2.05) is 0 Å². The van der Waals surface area contributed by atoms with Crippen LogP contribution in [0.2, 0.25) is 5.02 Å². The highest BCUT2D eigenvalue weighted by Crippen LogP contribution is 2.21. The molecule has 1 aromatic heterocycles. The van der Waals surface area contributed by atoms with Crippen molar-refractivity contribution in [3.05, 3.63) is 35.0 Å². The zero-order valence-electron chi connectivity index (χ0n) is 9.71. The van der Waals surface area contributed by atoms with Crippen LogP contribution in [-0.4, -0.2) is 36.0 Å². The van der Waals surface area contributed by atoms with Gasteiger partial charge in [0.2, 0.25) is 0 Å². The monoisotopic (exact) mass is 300 g/mol. The third kappa shape index (κ3) is 3.09. The minimum absolute atomic E-state index is 0.0453. The number of carbonyl (C=O) groups is 1. The molecule has 0 bridgehead atoms. The Bertz CT molecular complexity index is 712. The predicted molar refractivity (Wildman–Crippen MR) is 68.9 cm³/mol. The van der Waals surface area contributed by atoms with E-state index >= 15 is 0 Å². The molecule has 19 heavy (non-hydrogen) atoms. The van der Waals surface area contributed by atoms with Crippen LogP contribution in [0.4, 0.5) is 5.82 Å². The summed E-state index contributed by atoms with van der Waals surface area (Å²) >= 11 is 5.90. The van der Waals surface area contributed by atoms with Gasteiger partial charge in [-0.3, -0.25) is 9.89 Å². The molecule has 0 fully saturated rings. The van der Waals surface area contributed by atoms with Crippen molar-refractivity contribution in [2.45, 2.75) is 4.90 Å². The number of nitrogens with zero attached hydrogens (tertiary/aromatic N) is 2. The Morgan fingerprint density at radius 2 is 2.16 bits per heavy atom. The maximum absolute atomic E-state index is 11.9. The van der Waals surface area contributed by atoms with Crippen molar-refractivity contribution in [2.24, 2.45) is 0 Å². The number of H-pyrrole nitrogens is 1. The van der Waals surface area contributed by atoms with Crippen molar-refractivity contribution in [1.29, 1.82) is 0 Å². The molecular formula is C10H9ClN4O3S. The van der Waals surface area contributed by atoms with Gasteiger partial charge >= 0.3 is 0 Å². The van der Waals surface area contributed by atoms with E-state index in [1.54, 1.807) is 0 Å². The van der Waals surface area contributed by atoms with Crippen molar-refractivity contribution in [3.8, 4) is 0 Å². The highest BCUT2D eigenvalue weighted by atomic mass is 35.5. The molecule has 2 aromatic rings. The predicted octanol–water partition coefficient (Wildman–Crippen LogP) is 1.11. The van der Waals surface area contributed by atoms with Gasteiger partial charge in [0.1, 0.15) is 0 Å². The van der Waals surface area contributed by atoms with E-state index in [0.29, 0.717) is 0 Å². The van der Waals surface area contributed by atoms with Gasteiger partial charge in [-0.05, 0) is 18.2 Å². The summed E-state index contributed by atoms with van der Waals surface area (Å²) < 4.78 is 22.7. The van der Waals surface area contributed by atoms with Crippen molar-refractivity contribution >= 4 is 33.2 Å². The van der Waals surface area contributed by atoms with Crippen molar-refractivity contribution < 1.29 is 13.2 Å². The van der Waals surface area contributed by atoms with Crippen LogP contribution in [0.15, 0.2) is 29.3 Å². The number of nitrogens with one attached hydrogen (secondary N) is 2. The fourth-order valence-corrected chi connectivity index (χ4v) is 2.34. The van der Waals surface area contributed by atoms with Gasteiger partial charge in [0.05, 0.1) is 21.7 Å². The number of amides is 1. The summed E-state index contributed by atoms with van der Waals surface area (Å²) in [5.41, 5.74) is 0.150. The van der Waals surface area contributed by atoms with Crippen LogP contribution < -0.4 is 5.32 Å². The van der Waals surface area contributed by atoms with E-state index in [1.165, 1.54) is 24.4 Å². The van der Waals surface area contributed by atoms with Crippen molar-refractivity contribution in [1.82, 2.24) is 15.4 Å². The molecular weight excluding hydrogens is 292 g/mol. The molecule has 0 unspecified atom stereocenters. The minimum Gasteiger partial charge on any atom is -0.304 e. The Morgan fingerprint density at radius 3 is 2.68 bits per heavy atom. The Hall–Kier alpha value is -1.93. The first-order valence-corrected chi connectivity index (χ1v) is 7.32. The van der Waals surface area contributed by atoms with Crippen LogP contribution in [0.25, 0.3) is 0 Å². The molecule has 0 aliphatic rings. The van der Waals surface area contributed by atoms with Crippen LogP contribution in [0.1, 0.15) is 10.4 Å².